The van der Waals surface area contributed by atoms with E-state index in [0.29, 0.717) is 56.8 Å². The molecule has 43 heavy (non-hydrogen) atoms. The van der Waals surface area contributed by atoms with Crippen LogP contribution >= 0.6 is 0 Å². The second kappa shape index (κ2) is 14.7. The second-order valence-corrected chi connectivity index (χ2v) is 11.8. The summed E-state index contributed by atoms with van der Waals surface area (Å²) < 4.78 is 16.7. The molecule has 3 aromatic carbocycles. The SMILES string of the molecule is COC(=O)CCc1ccccc1Oc1ccccc1CCC(=O)N1CCN(C(=O)OC(C)(C)C)C[C@H]1Cc1ccccc1. The van der Waals surface area contributed by atoms with Crippen molar-refractivity contribution < 1.29 is 28.6 Å². The number of esters is 1. The number of hydrogen-bond donors (Lipinski definition) is 0. The predicted octanol–water partition coefficient (Wildman–Crippen LogP) is 6.21. The molecule has 0 spiro atoms. The van der Waals surface area contributed by atoms with Crippen molar-refractivity contribution in [3.63, 3.8) is 0 Å². The Morgan fingerprint density at radius 2 is 1.37 bits per heavy atom. The lowest BCUT2D eigenvalue weighted by Gasteiger charge is -2.42. The molecule has 8 heteroatoms. The number of hydrogen-bond acceptors (Lipinski definition) is 6. The average molecular weight is 587 g/mol. The molecule has 0 radical (unpaired) electrons. The number of methoxy groups -OCH3 is 1. The first-order chi connectivity index (χ1) is 20.6. The Morgan fingerprint density at radius 3 is 1.98 bits per heavy atom. The molecule has 8 nitrogen and oxygen atoms in total. The van der Waals surface area contributed by atoms with E-state index in [1.807, 2.05) is 105 Å². The fraction of sp³-hybridized carbons (Fsp3) is 0.400. The average Bonchev–Trinajstić information content (AvgIpc) is 2.99. The van der Waals surface area contributed by atoms with Crippen LogP contribution in [0.4, 0.5) is 4.79 Å². The van der Waals surface area contributed by atoms with Gasteiger partial charge in [-0.2, -0.15) is 0 Å². The second-order valence-electron chi connectivity index (χ2n) is 11.8. The van der Waals surface area contributed by atoms with Gasteiger partial charge in [0.2, 0.25) is 5.91 Å². The van der Waals surface area contributed by atoms with Gasteiger partial charge in [0, 0.05) is 32.5 Å². The summed E-state index contributed by atoms with van der Waals surface area (Å²) in [5.41, 5.74) is 2.35. The van der Waals surface area contributed by atoms with Crippen molar-refractivity contribution in [2.24, 2.45) is 0 Å². The van der Waals surface area contributed by atoms with Gasteiger partial charge in [0.05, 0.1) is 13.2 Å². The largest absolute Gasteiger partial charge is 0.469 e. The van der Waals surface area contributed by atoms with Crippen molar-refractivity contribution in [2.75, 3.05) is 26.7 Å². The van der Waals surface area contributed by atoms with E-state index in [4.69, 9.17) is 14.2 Å². The van der Waals surface area contributed by atoms with Crippen molar-refractivity contribution in [1.29, 1.82) is 0 Å². The Bertz CT molecular complexity index is 1380. The molecule has 0 aromatic heterocycles. The fourth-order valence-electron chi connectivity index (χ4n) is 5.20. The van der Waals surface area contributed by atoms with Crippen LogP contribution in [0.3, 0.4) is 0 Å². The highest BCUT2D eigenvalue weighted by molar-refractivity contribution is 5.78. The van der Waals surface area contributed by atoms with E-state index in [2.05, 4.69) is 0 Å². The van der Waals surface area contributed by atoms with Gasteiger partial charge in [-0.05, 0) is 68.9 Å². The van der Waals surface area contributed by atoms with E-state index in [9.17, 15) is 14.4 Å². The molecule has 0 unspecified atom stereocenters. The van der Waals surface area contributed by atoms with Gasteiger partial charge in [-0.3, -0.25) is 9.59 Å². The van der Waals surface area contributed by atoms with Crippen LogP contribution in [-0.4, -0.2) is 66.2 Å². The van der Waals surface area contributed by atoms with E-state index in [1.165, 1.54) is 7.11 Å². The highest BCUT2D eigenvalue weighted by atomic mass is 16.6. The van der Waals surface area contributed by atoms with Gasteiger partial charge < -0.3 is 24.0 Å². The molecule has 1 aliphatic rings. The van der Waals surface area contributed by atoms with Gasteiger partial charge in [-0.15, -0.1) is 0 Å². The van der Waals surface area contributed by atoms with Crippen LogP contribution < -0.4 is 4.74 Å². The molecule has 1 aliphatic heterocycles. The van der Waals surface area contributed by atoms with Crippen LogP contribution in [0.1, 0.15) is 50.3 Å². The molecule has 1 saturated heterocycles. The molecular formula is C35H42N2O6. The number of benzene rings is 3. The summed E-state index contributed by atoms with van der Waals surface area (Å²) in [6.07, 6.45) is 1.87. The number of ether oxygens (including phenoxy) is 3. The highest BCUT2D eigenvalue weighted by Crippen LogP contribution is 2.30. The summed E-state index contributed by atoms with van der Waals surface area (Å²) in [4.78, 5) is 41.9. The number of rotatable bonds is 10. The summed E-state index contributed by atoms with van der Waals surface area (Å²) in [7, 11) is 1.38. The summed E-state index contributed by atoms with van der Waals surface area (Å²) in [5.74, 6) is 1.12. The van der Waals surface area contributed by atoms with E-state index in [0.717, 1.165) is 16.7 Å². The number of carbonyl (C=O) groups excluding carboxylic acids is 3. The molecule has 0 bridgehead atoms. The topological polar surface area (TPSA) is 85.4 Å². The maximum atomic E-state index is 13.7. The van der Waals surface area contributed by atoms with Gasteiger partial charge >= 0.3 is 12.1 Å². The normalized spacial score (nSPS) is 15.1. The molecule has 228 valence electrons. The van der Waals surface area contributed by atoms with E-state index in [-0.39, 0.29) is 30.4 Å². The minimum atomic E-state index is -0.587. The molecule has 4 rings (SSSR count). The van der Waals surface area contributed by atoms with Gasteiger partial charge in [0.1, 0.15) is 17.1 Å². The van der Waals surface area contributed by atoms with Crippen molar-refractivity contribution in [3.05, 3.63) is 95.6 Å². The minimum Gasteiger partial charge on any atom is -0.469 e. The monoisotopic (exact) mass is 586 g/mol. The number of carbonyl (C=O) groups is 3. The Labute approximate surface area is 254 Å². The maximum Gasteiger partial charge on any atom is 0.410 e. The quantitative estimate of drug-likeness (QED) is 0.263. The molecule has 1 atom stereocenters. The molecule has 2 amide bonds. The van der Waals surface area contributed by atoms with Gasteiger partial charge in [0.25, 0.3) is 0 Å². The highest BCUT2D eigenvalue weighted by Gasteiger charge is 2.34. The Kier molecular flexibility index (Phi) is 10.8. The van der Waals surface area contributed by atoms with Crippen molar-refractivity contribution in [2.45, 2.75) is 64.5 Å². The summed E-state index contributed by atoms with van der Waals surface area (Å²) in [6.45, 7) is 6.85. The van der Waals surface area contributed by atoms with Crippen LogP contribution in [0.2, 0.25) is 0 Å². The zero-order valence-electron chi connectivity index (χ0n) is 25.6. The smallest absolute Gasteiger partial charge is 0.410 e. The van der Waals surface area contributed by atoms with Gasteiger partial charge in [-0.25, -0.2) is 4.79 Å². The van der Waals surface area contributed by atoms with Crippen LogP contribution in [-0.2, 0) is 38.3 Å². The number of nitrogens with zero attached hydrogens (tertiary/aromatic N) is 2. The third-order valence-electron chi connectivity index (χ3n) is 7.37. The van der Waals surface area contributed by atoms with Crippen LogP contribution in [0.5, 0.6) is 11.5 Å². The van der Waals surface area contributed by atoms with Crippen LogP contribution in [0.15, 0.2) is 78.9 Å². The molecular weight excluding hydrogens is 544 g/mol. The van der Waals surface area contributed by atoms with Crippen molar-refractivity contribution in [3.8, 4) is 11.5 Å². The van der Waals surface area contributed by atoms with Crippen molar-refractivity contribution >= 4 is 18.0 Å². The molecule has 0 saturated carbocycles. The number of amides is 2. The summed E-state index contributed by atoms with van der Waals surface area (Å²) in [6, 6.07) is 25.2. The van der Waals surface area contributed by atoms with Crippen molar-refractivity contribution in [1.82, 2.24) is 9.80 Å². The number of piperazine rings is 1. The lowest BCUT2D eigenvalue weighted by atomic mass is 10.0. The summed E-state index contributed by atoms with van der Waals surface area (Å²) >= 11 is 0. The predicted molar refractivity (Wildman–Crippen MR) is 165 cm³/mol. The zero-order chi connectivity index (χ0) is 30.8. The first-order valence-electron chi connectivity index (χ1n) is 14.8. The molecule has 3 aromatic rings. The molecule has 0 N–H and O–H groups in total. The fourth-order valence-corrected chi connectivity index (χ4v) is 5.20. The van der Waals surface area contributed by atoms with E-state index < -0.39 is 5.60 Å². The Hall–Kier alpha value is -4.33. The Morgan fingerprint density at radius 1 is 0.791 bits per heavy atom. The van der Waals surface area contributed by atoms with Crippen LogP contribution in [0.25, 0.3) is 0 Å². The third-order valence-corrected chi connectivity index (χ3v) is 7.37. The lowest BCUT2D eigenvalue weighted by Crippen LogP contribution is -2.57. The molecule has 1 heterocycles. The van der Waals surface area contributed by atoms with E-state index in [1.54, 1.807) is 4.90 Å². The Balaban J connectivity index is 1.45. The first-order valence-corrected chi connectivity index (χ1v) is 14.8. The van der Waals surface area contributed by atoms with Crippen LogP contribution in [0, 0.1) is 0 Å². The molecule has 1 fully saturated rings. The number of para-hydroxylation sites is 2. The van der Waals surface area contributed by atoms with Gasteiger partial charge in [-0.1, -0.05) is 66.7 Å². The minimum absolute atomic E-state index is 0.0399. The zero-order valence-corrected chi connectivity index (χ0v) is 25.6. The maximum absolute atomic E-state index is 13.7. The van der Waals surface area contributed by atoms with Gasteiger partial charge in [0.15, 0.2) is 0 Å². The molecule has 0 aliphatic carbocycles. The number of aryl methyl sites for hydroxylation is 2. The summed E-state index contributed by atoms with van der Waals surface area (Å²) in [5, 5.41) is 0. The van der Waals surface area contributed by atoms with E-state index >= 15 is 0 Å². The standard InChI is InChI=1S/C35H42N2O6/c1-35(2,3)43-34(40)36-22-23-37(29(25-36)24-26-12-6-5-7-13-26)32(38)20-18-27-14-8-10-16-30(27)42-31-17-11-9-15-28(31)19-21-33(39)41-4/h5-17,29H,18-25H2,1-4H3/t29-/m1/s1. The third kappa shape index (κ3) is 9.33. The first kappa shape index (κ1) is 31.6. The lowest BCUT2D eigenvalue weighted by molar-refractivity contribution is -0.140.